The van der Waals surface area contributed by atoms with Crippen molar-refractivity contribution in [2.45, 2.75) is 19.4 Å². The van der Waals surface area contributed by atoms with Crippen LogP contribution < -0.4 is 5.32 Å². The van der Waals surface area contributed by atoms with E-state index >= 15 is 0 Å². The molecule has 0 saturated heterocycles. The Morgan fingerprint density at radius 3 is 2.72 bits per heavy atom. The molecule has 1 aromatic heterocycles. The zero-order valence-electron chi connectivity index (χ0n) is 10.3. The average molecular weight is 328 g/mol. The topological polar surface area (TPSA) is 12.0 Å². The molecule has 18 heavy (non-hydrogen) atoms. The van der Waals surface area contributed by atoms with E-state index in [-0.39, 0.29) is 11.9 Å². The van der Waals surface area contributed by atoms with Gasteiger partial charge < -0.3 is 5.32 Å². The van der Waals surface area contributed by atoms with Crippen molar-refractivity contribution in [3.8, 4) is 0 Å². The molecule has 0 aliphatic rings. The van der Waals surface area contributed by atoms with Crippen LogP contribution in [0.25, 0.3) is 0 Å². The van der Waals surface area contributed by atoms with E-state index in [1.807, 2.05) is 19.2 Å². The van der Waals surface area contributed by atoms with Crippen LogP contribution in [0.5, 0.6) is 0 Å². The maximum absolute atomic E-state index is 13.6. The summed E-state index contributed by atoms with van der Waals surface area (Å²) in [7, 11) is 1.91. The van der Waals surface area contributed by atoms with Crippen LogP contribution in [-0.2, 0) is 6.42 Å². The number of hydrogen-bond donors (Lipinski definition) is 1. The fourth-order valence-corrected chi connectivity index (χ4v) is 3.37. The molecule has 4 heteroatoms. The van der Waals surface area contributed by atoms with Crippen molar-refractivity contribution in [1.82, 2.24) is 5.32 Å². The van der Waals surface area contributed by atoms with Gasteiger partial charge in [-0.15, -0.1) is 11.3 Å². The molecule has 1 N–H and O–H groups in total. The SMILES string of the molecule is CNC(Cc1cc(Br)cs1)c1ccc(C)c(F)c1. The lowest BCUT2D eigenvalue weighted by atomic mass is 10.0. The highest BCUT2D eigenvalue weighted by Crippen LogP contribution is 2.26. The summed E-state index contributed by atoms with van der Waals surface area (Å²) in [6.45, 7) is 1.78. The van der Waals surface area contributed by atoms with Gasteiger partial charge in [-0.1, -0.05) is 12.1 Å². The maximum atomic E-state index is 13.6. The number of halogens is 2. The summed E-state index contributed by atoms with van der Waals surface area (Å²) in [5, 5.41) is 5.31. The molecule has 0 saturated carbocycles. The Labute approximate surface area is 119 Å². The van der Waals surface area contributed by atoms with Gasteiger partial charge in [-0.25, -0.2) is 4.39 Å². The summed E-state index contributed by atoms with van der Waals surface area (Å²) in [4.78, 5) is 1.28. The molecular formula is C14H15BrFNS. The van der Waals surface area contributed by atoms with Gasteiger partial charge in [0.25, 0.3) is 0 Å². The molecule has 0 radical (unpaired) electrons. The lowest BCUT2D eigenvalue weighted by molar-refractivity contribution is 0.577. The number of hydrogen-bond acceptors (Lipinski definition) is 2. The minimum absolute atomic E-state index is 0.139. The highest BCUT2D eigenvalue weighted by Gasteiger charge is 2.12. The number of rotatable bonds is 4. The molecule has 96 valence electrons. The van der Waals surface area contributed by atoms with Crippen LogP contribution in [0.15, 0.2) is 34.1 Å². The van der Waals surface area contributed by atoms with Gasteiger partial charge in [-0.05, 0) is 53.2 Å². The predicted molar refractivity (Wildman–Crippen MR) is 78.7 cm³/mol. The fourth-order valence-electron chi connectivity index (χ4n) is 1.87. The highest BCUT2D eigenvalue weighted by atomic mass is 79.9. The lowest BCUT2D eigenvalue weighted by Crippen LogP contribution is -2.18. The second-order valence-corrected chi connectivity index (χ2v) is 6.20. The van der Waals surface area contributed by atoms with Crippen LogP contribution in [0, 0.1) is 12.7 Å². The average Bonchev–Trinajstić information content (AvgIpc) is 2.75. The Morgan fingerprint density at radius 2 is 2.17 bits per heavy atom. The van der Waals surface area contributed by atoms with E-state index in [4.69, 9.17) is 0 Å². The number of benzene rings is 1. The van der Waals surface area contributed by atoms with Crippen molar-refractivity contribution in [1.29, 1.82) is 0 Å². The third-order valence-electron chi connectivity index (χ3n) is 2.97. The quantitative estimate of drug-likeness (QED) is 0.874. The van der Waals surface area contributed by atoms with Crippen LogP contribution in [0.4, 0.5) is 4.39 Å². The molecule has 0 aliphatic heterocycles. The van der Waals surface area contributed by atoms with Crippen molar-refractivity contribution in [3.05, 3.63) is 55.9 Å². The largest absolute Gasteiger partial charge is 0.313 e. The maximum Gasteiger partial charge on any atom is 0.126 e. The highest BCUT2D eigenvalue weighted by molar-refractivity contribution is 9.10. The van der Waals surface area contributed by atoms with Crippen LogP contribution >= 0.6 is 27.3 Å². The Kier molecular flexibility index (Phi) is 4.54. The van der Waals surface area contributed by atoms with Gasteiger partial charge in [0.2, 0.25) is 0 Å². The van der Waals surface area contributed by atoms with Crippen LogP contribution in [-0.4, -0.2) is 7.05 Å². The predicted octanol–water partition coefficient (Wildman–Crippen LogP) is 4.46. The van der Waals surface area contributed by atoms with Gasteiger partial charge in [0.15, 0.2) is 0 Å². The van der Waals surface area contributed by atoms with Gasteiger partial charge in [0.1, 0.15) is 5.82 Å². The van der Waals surface area contributed by atoms with Crippen LogP contribution in [0.3, 0.4) is 0 Å². The van der Waals surface area contributed by atoms with E-state index in [0.29, 0.717) is 5.56 Å². The van der Waals surface area contributed by atoms with Crippen molar-refractivity contribution >= 4 is 27.3 Å². The second kappa shape index (κ2) is 5.95. The summed E-state index contributed by atoms with van der Waals surface area (Å²) in [6.07, 6.45) is 0.870. The standard InChI is InChI=1S/C14H15BrFNS/c1-9-3-4-10(5-13(9)16)14(17-2)7-12-6-11(15)8-18-12/h3-6,8,14,17H,7H2,1-2H3. The monoisotopic (exact) mass is 327 g/mol. The summed E-state index contributed by atoms with van der Waals surface area (Å²) >= 11 is 5.17. The number of nitrogens with one attached hydrogen (secondary N) is 1. The molecule has 0 amide bonds. The third kappa shape index (κ3) is 3.19. The molecule has 1 unspecified atom stereocenters. The molecule has 0 spiro atoms. The lowest BCUT2D eigenvalue weighted by Gasteiger charge is -2.16. The molecule has 1 nitrogen and oxygen atoms in total. The first-order valence-electron chi connectivity index (χ1n) is 5.76. The minimum Gasteiger partial charge on any atom is -0.313 e. The van der Waals surface area contributed by atoms with E-state index in [1.54, 1.807) is 24.3 Å². The van der Waals surface area contributed by atoms with Crippen molar-refractivity contribution < 1.29 is 4.39 Å². The minimum atomic E-state index is -0.139. The molecule has 2 aromatic rings. The summed E-state index contributed by atoms with van der Waals surface area (Å²) in [5.74, 6) is -0.139. The Bertz CT molecular complexity index is 538. The van der Waals surface area contributed by atoms with E-state index in [1.165, 1.54) is 4.88 Å². The normalized spacial score (nSPS) is 12.7. The zero-order chi connectivity index (χ0) is 13.1. The van der Waals surface area contributed by atoms with Gasteiger partial charge in [0.05, 0.1) is 0 Å². The molecule has 2 rings (SSSR count). The van der Waals surface area contributed by atoms with E-state index in [9.17, 15) is 4.39 Å². The first-order chi connectivity index (χ1) is 8.60. The molecule has 1 atom stereocenters. The van der Waals surface area contributed by atoms with Crippen LogP contribution in [0.1, 0.15) is 22.0 Å². The van der Waals surface area contributed by atoms with E-state index in [0.717, 1.165) is 16.5 Å². The number of likely N-dealkylation sites (N-methyl/N-ethyl adjacent to an activating group) is 1. The van der Waals surface area contributed by atoms with Gasteiger partial charge in [-0.2, -0.15) is 0 Å². The zero-order valence-corrected chi connectivity index (χ0v) is 12.7. The van der Waals surface area contributed by atoms with Crippen molar-refractivity contribution in [3.63, 3.8) is 0 Å². The van der Waals surface area contributed by atoms with Gasteiger partial charge >= 0.3 is 0 Å². The van der Waals surface area contributed by atoms with E-state index < -0.39 is 0 Å². The van der Waals surface area contributed by atoms with Gasteiger partial charge in [-0.3, -0.25) is 0 Å². The first-order valence-corrected chi connectivity index (χ1v) is 7.43. The Hall–Kier alpha value is -0.710. The molecule has 0 aliphatic carbocycles. The van der Waals surface area contributed by atoms with E-state index in [2.05, 4.69) is 32.7 Å². The van der Waals surface area contributed by atoms with Crippen molar-refractivity contribution in [2.24, 2.45) is 0 Å². The van der Waals surface area contributed by atoms with Crippen LogP contribution in [0.2, 0.25) is 0 Å². The first kappa shape index (κ1) is 13.7. The molecular weight excluding hydrogens is 313 g/mol. The Morgan fingerprint density at radius 1 is 1.39 bits per heavy atom. The molecule has 0 fully saturated rings. The van der Waals surface area contributed by atoms with Gasteiger partial charge in [0, 0.05) is 27.2 Å². The summed E-state index contributed by atoms with van der Waals surface area (Å²) in [5.41, 5.74) is 1.68. The number of thiophene rings is 1. The Balaban J connectivity index is 2.19. The fraction of sp³-hybridized carbons (Fsp3) is 0.286. The molecule has 0 bridgehead atoms. The summed E-state index contributed by atoms with van der Waals surface area (Å²) in [6, 6.07) is 7.70. The molecule has 1 heterocycles. The molecule has 1 aromatic carbocycles. The third-order valence-corrected chi connectivity index (χ3v) is 4.69. The summed E-state index contributed by atoms with van der Waals surface area (Å²) < 4.78 is 14.7. The second-order valence-electron chi connectivity index (χ2n) is 4.29. The smallest absolute Gasteiger partial charge is 0.126 e. The van der Waals surface area contributed by atoms with Crippen molar-refractivity contribution in [2.75, 3.05) is 7.05 Å². The number of aryl methyl sites for hydroxylation is 1.